The maximum atomic E-state index is 13.0. The number of nitrogens with one attached hydrogen (secondary N) is 1. The van der Waals surface area contributed by atoms with Crippen molar-refractivity contribution in [1.29, 1.82) is 0 Å². The Morgan fingerprint density at radius 3 is 2.62 bits per heavy atom. The summed E-state index contributed by atoms with van der Waals surface area (Å²) in [6.45, 7) is 1.93. The van der Waals surface area contributed by atoms with Crippen LogP contribution in [0.15, 0.2) is 59.0 Å². The van der Waals surface area contributed by atoms with Gasteiger partial charge in [-0.1, -0.05) is 42.0 Å². The number of nitrogens with zero attached hydrogens (tertiary/aromatic N) is 1. The summed E-state index contributed by atoms with van der Waals surface area (Å²) in [6.07, 6.45) is 2.04. The molecule has 6 nitrogen and oxygen atoms in total. The molecule has 1 aliphatic rings. The van der Waals surface area contributed by atoms with Crippen molar-refractivity contribution in [2.24, 2.45) is 0 Å². The molecule has 126 valence electrons. The first-order chi connectivity index (χ1) is 11.4. The average Bonchev–Trinajstić information content (AvgIpc) is 2.60. The van der Waals surface area contributed by atoms with E-state index in [-0.39, 0.29) is 17.9 Å². The van der Waals surface area contributed by atoms with Gasteiger partial charge in [-0.2, -0.15) is 4.31 Å². The second-order valence-corrected chi connectivity index (χ2v) is 7.73. The third-order valence-corrected chi connectivity index (χ3v) is 6.03. The molecule has 1 heterocycles. The molecule has 0 aliphatic carbocycles. The molecule has 3 rings (SSSR count). The highest BCUT2D eigenvalue weighted by Gasteiger charge is 2.37. The number of hydrogen-bond donors (Lipinski definition) is 2. The molecule has 1 atom stereocenters. The third kappa shape index (κ3) is 2.93. The lowest BCUT2D eigenvalue weighted by atomic mass is 10.1. The summed E-state index contributed by atoms with van der Waals surface area (Å²) in [5.41, 5.74) is 2.42. The van der Waals surface area contributed by atoms with Crippen LogP contribution in [0.3, 0.4) is 0 Å². The van der Waals surface area contributed by atoms with Crippen LogP contribution in [0.1, 0.15) is 13.3 Å². The fourth-order valence-corrected chi connectivity index (χ4v) is 4.56. The van der Waals surface area contributed by atoms with Gasteiger partial charge in [0.05, 0.1) is 4.90 Å². The molecule has 0 spiro atoms. The van der Waals surface area contributed by atoms with Crippen LogP contribution in [0.2, 0.25) is 0 Å². The minimum atomic E-state index is -3.87. The number of hydrogen-bond acceptors (Lipinski definition) is 4. The number of fused-ring (bicyclic) bond motifs is 1. The van der Waals surface area contributed by atoms with E-state index >= 15 is 0 Å². The number of amides is 1. The smallest absolute Gasteiger partial charge is 0.262 e. The number of hydroxylamine groups is 1. The lowest BCUT2D eigenvalue weighted by Crippen LogP contribution is -2.50. The maximum Gasteiger partial charge on any atom is 0.262 e. The minimum absolute atomic E-state index is 0.118. The molecule has 0 aromatic heterocycles. The van der Waals surface area contributed by atoms with Crippen LogP contribution >= 0.6 is 0 Å². The van der Waals surface area contributed by atoms with Crippen LogP contribution in [-0.2, 0) is 14.8 Å². The van der Waals surface area contributed by atoms with Crippen LogP contribution < -0.4 is 5.48 Å². The molecule has 24 heavy (non-hydrogen) atoms. The average molecular weight is 346 g/mol. The van der Waals surface area contributed by atoms with Crippen molar-refractivity contribution in [1.82, 2.24) is 9.79 Å². The van der Waals surface area contributed by atoms with Gasteiger partial charge in [-0.05, 0) is 36.2 Å². The van der Waals surface area contributed by atoms with E-state index in [1.165, 1.54) is 0 Å². The Morgan fingerprint density at radius 2 is 1.92 bits per heavy atom. The van der Waals surface area contributed by atoms with Crippen LogP contribution in [0.4, 0.5) is 0 Å². The highest BCUT2D eigenvalue weighted by molar-refractivity contribution is 7.89. The predicted molar refractivity (Wildman–Crippen MR) is 89.9 cm³/mol. The van der Waals surface area contributed by atoms with Gasteiger partial charge in [-0.3, -0.25) is 10.0 Å². The molecule has 1 amide bonds. The van der Waals surface area contributed by atoms with Gasteiger partial charge in [0.1, 0.15) is 6.04 Å². The number of rotatable bonds is 3. The van der Waals surface area contributed by atoms with E-state index < -0.39 is 22.0 Å². The molecule has 0 saturated heterocycles. The molecule has 0 radical (unpaired) electrons. The van der Waals surface area contributed by atoms with Gasteiger partial charge in [-0.15, -0.1) is 0 Å². The van der Waals surface area contributed by atoms with Gasteiger partial charge in [0.2, 0.25) is 10.0 Å². The standard InChI is InChI=1S/C17H18N2O4S/c1-12-6-9-16(17(20)18-21)19(11-12)24(22,23)15-8-7-13-4-2-3-5-14(13)10-15/h2-8,10,16,21H,9,11H2,1H3,(H,18,20). The summed E-state index contributed by atoms with van der Waals surface area (Å²) in [6, 6.07) is 11.4. The SMILES string of the molecule is CC1=CCC(C(=O)NO)N(S(=O)(=O)c2ccc3ccccc3c2)C1. The van der Waals surface area contributed by atoms with E-state index in [4.69, 9.17) is 5.21 Å². The van der Waals surface area contributed by atoms with Gasteiger partial charge in [0.25, 0.3) is 5.91 Å². The second kappa shape index (κ2) is 6.35. The van der Waals surface area contributed by atoms with E-state index in [0.29, 0.717) is 0 Å². The van der Waals surface area contributed by atoms with Crippen molar-refractivity contribution < 1.29 is 18.4 Å². The Bertz CT molecular complexity index is 921. The third-order valence-electron chi connectivity index (χ3n) is 4.18. The van der Waals surface area contributed by atoms with Gasteiger partial charge >= 0.3 is 0 Å². The zero-order chi connectivity index (χ0) is 17.3. The van der Waals surface area contributed by atoms with Crippen molar-refractivity contribution >= 4 is 26.7 Å². The molecule has 0 bridgehead atoms. The normalized spacial score (nSPS) is 19.1. The highest BCUT2D eigenvalue weighted by Crippen LogP contribution is 2.27. The number of sulfonamides is 1. The Hall–Kier alpha value is -2.22. The first kappa shape index (κ1) is 16.6. The zero-order valence-corrected chi connectivity index (χ0v) is 14.0. The lowest BCUT2D eigenvalue weighted by molar-refractivity contribution is -0.133. The Morgan fingerprint density at radius 1 is 1.21 bits per heavy atom. The summed E-state index contributed by atoms with van der Waals surface area (Å²) in [5.74, 6) is -0.733. The van der Waals surface area contributed by atoms with Crippen LogP contribution in [-0.4, -0.2) is 36.4 Å². The Kier molecular flexibility index (Phi) is 4.40. The second-order valence-electron chi connectivity index (χ2n) is 5.84. The molecule has 1 unspecified atom stereocenters. The van der Waals surface area contributed by atoms with E-state index in [0.717, 1.165) is 20.7 Å². The van der Waals surface area contributed by atoms with E-state index in [1.807, 2.05) is 37.3 Å². The van der Waals surface area contributed by atoms with Crippen molar-refractivity contribution in [2.45, 2.75) is 24.3 Å². The topological polar surface area (TPSA) is 86.7 Å². The van der Waals surface area contributed by atoms with E-state index in [2.05, 4.69) is 0 Å². The van der Waals surface area contributed by atoms with Crippen molar-refractivity contribution in [3.05, 3.63) is 54.1 Å². The first-order valence-electron chi connectivity index (χ1n) is 7.53. The van der Waals surface area contributed by atoms with Crippen LogP contribution in [0, 0.1) is 0 Å². The summed E-state index contributed by atoms with van der Waals surface area (Å²) in [7, 11) is -3.87. The van der Waals surface area contributed by atoms with E-state index in [1.54, 1.807) is 23.7 Å². The van der Waals surface area contributed by atoms with E-state index in [9.17, 15) is 13.2 Å². The monoisotopic (exact) mass is 346 g/mol. The van der Waals surface area contributed by atoms with Gasteiger partial charge < -0.3 is 0 Å². The molecule has 2 aromatic carbocycles. The molecule has 1 aliphatic heterocycles. The van der Waals surface area contributed by atoms with Gasteiger partial charge in [0.15, 0.2) is 0 Å². The Labute approximate surface area is 140 Å². The minimum Gasteiger partial charge on any atom is -0.289 e. The molecule has 7 heteroatoms. The molecule has 2 aromatic rings. The summed E-state index contributed by atoms with van der Waals surface area (Å²) in [4.78, 5) is 12.0. The summed E-state index contributed by atoms with van der Waals surface area (Å²) < 4.78 is 27.2. The van der Waals surface area contributed by atoms with Gasteiger partial charge in [0, 0.05) is 6.54 Å². The van der Waals surface area contributed by atoms with Crippen molar-refractivity contribution in [2.75, 3.05) is 6.54 Å². The predicted octanol–water partition coefficient (Wildman–Crippen LogP) is 2.05. The molecule has 0 fully saturated rings. The Balaban J connectivity index is 2.06. The fourth-order valence-electron chi connectivity index (χ4n) is 2.88. The van der Waals surface area contributed by atoms with Crippen LogP contribution in [0.25, 0.3) is 10.8 Å². The molecule has 2 N–H and O–H groups in total. The largest absolute Gasteiger partial charge is 0.289 e. The highest BCUT2D eigenvalue weighted by atomic mass is 32.2. The quantitative estimate of drug-likeness (QED) is 0.506. The molecular formula is C17H18N2O4S. The molecule has 0 saturated carbocycles. The first-order valence-corrected chi connectivity index (χ1v) is 8.98. The lowest BCUT2D eigenvalue weighted by Gasteiger charge is -2.32. The number of carbonyl (C=O) groups is 1. The zero-order valence-electron chi connectivity index (χ0n) is 13.1. The number of benzene rings is 2. The maximum absolute atomic E-state index is 13.0. The number of carbonyl (C=O) groups excluding carboxylic acids is 1. The van der Waals surface area contributed by atoms with Gasteiger partial charge in [-0.25, -0.2) is 13.9 Å². The van der Waals surface area contributed by atoms with Crippen molar-refractivity contribution in [3.63, 3.8) is 0 Å². The fraction of sp³-hybridized carbons (Fsp3) is 0.235. The summed E-state index contributed by atoms with van der Waals surface area (Å²) >= 11 is 0. The van der Waals surface area contributed by atoms with Crippen LogP contribution in [0.5, 0.6) is 0 Å². The van der Waals surface area contributed by atoms with Crippen molar-refractivity contribution in [3.8, 4) is 0 Å². The summed E-state index contributed by atoms with van der Waals surface area (Å²) in [5, 5.41) is 10.7. The molecular weight excluding hydrogens is 328 g/mol.